The molecule has 2 atom stereocenters. The molecule has 3 aromatic rings. The lowest BCUT2D eigenvalue weighted by atomic mass is 10.0. The van der Waals surface area contributed by atoms with Crippen LogP contribution in [-0.2, 0) is 33.9 Å². The largest absolute Gasteiger partial charge is 0.508 e. The standard InChI is InChI=1S/C32H41N7O5/c33-29(42)16-18-36-30(43)27(19-22-5-2-1-3-6-22)38-31(44)28(7-4-17-37-32(34)35)39(20-23-8-12-25(40)13-9-23)21-24-10-14-26(41)15-11-24/h1-3,5-6,8-15,27-28,40-41H,4,7,16-21H2,(H2,33,42)(H,36,43)(H,38,44)(H4,34,35,37)/t27-,28+/m0/s1. The van der Waals surface area contributed by atoms with E-state index in [1.807, 2.05) is 35.2 Å². The minimum atomic E-state index is -0.929. The summed E-state index contributed by atoms with van der Waals surface area (Å²) in [5.41, 5.74) is 18.8. The van der Waals surface area contributed by atoms with Gasteiger partial charge in [0.25, 0.3) is 0 Å². The Balaban J connectivity index is 1.92. The number of nitrogens with two attached hydrogens (primary N) is 3. The third-order valence-corrected chi connectivity index (χ3v) is 6.90. The number of amides is 3. The van der Waals surface area contributed by atoms with E-state index in [4.69, 9.17) is 17.2 Å². The Labute approximate surface area is 257 Å². The number of primary amides is 1. The summed E-state index contributed by atoms with van der Waals surface area (Å²) in [6.07, 6.45) is 1.04. The highest BCUT2D eigenvalue weighted by atomic mass is 16.3. The third kappa shape index (κ3) is 11.6. The first-order valence-corrected chi connectivity index (χ1v) is 14.4. The molecular weight excluding hydrogens is 562 g/mol. The number of carbonyl (C=O) groups excluding carboxylic acids is 3. The molecule has 3 aromatic carbocycles. The molecule has 12 heteroatoms. The number of hydrogen-bond acceptors (Lipinski definition) is 7. The lowest BCUT2D eigenvalue weighted by Gasteiger charge is -2.32. The first-order valence-electron chi connectivity index (χ1n) is 14.4. The van der Waals surface area contributed by atoms with Crippen LogP contribution < -0.4 is 27.8 Å². The van der Waals surface area contributed by atoms with Gasteiger partial charge in [-0.15, -0.1) is 0 Å². The first kappa shape index (κ1) is 33.4. The minimum absolute atomic E-state index is 0.0296. The van der Waals surface area contributed by atoms with Crippen molar-refractivity contribution in [1.29, 1.82) is 0 Å². The van der Waals surface area contributed by atoms with Crippen LogP contribution in [-0.4, -0.2) is 64.0 Å². The van der Waals surface area contributed by atoms with E-state index in [1.54, 1.807) is 48.5 Å². The molecule has 0 aromatic heterocycles. The van der Waals surface area contributed by atoms with E-state index in [2.05, 4.69) is 15.6 Å². The number of rotatable bonds is 17. The van der Waals surface area contributed by atoms with E-state index in [0.717, 1.165) is 16.7 Å². The molecule has 3 rings (SSSR count). The van der Waals surface area contributed by atoms with Crippen molar-refractivity contribution < 1.29 is 24.6 Å². The lowest BCUT2D eigenvalue weighted by molar-refractivity contribution is -0.132. The lowest BCUT2D eigenvalue weighted by Crippen LogP contribution is -2.54. The first-order chi connectivity index (χ1) is 21.1. The number of guanidine groups is 1. The number of nitrogens with zero attached hydrogens (tertiary/aromatic N) is 2. The summed E-state index contributed by atoms with van der Waals surface area (Å²) in [6.45, 7) is 1.04. The van der Waals surface area contributed by atoms with Crippen LogP contribution in [0.3, 0.4) is 0 Å². The Hall–Kier alpha value is -5.10. The normalized spacial score (nSPS) is 12.2. The molecule has 12 nitrogen and oxygen atoms in total. The van der Waals surface area contributed by atoms with Crippen LogP contribution in [0.4, 0.5) is 0 Å². The summed E-state index contributed by atoms with van der Waals surface area (Å²) in [5.74, 6) is -1.17. The van der Waals surface area contributed by atoms with Crippen LogP contribution in [0.5, 0.6) is 11.5 Å². The summed E-state index contributed by atoms with van der Waals surface area (Å²) >= 11 is 0. The van der Waals surface area contributed by atoms with E-state index >= 15 is 0 Å². The maximum absolute atomic E-state index is 14.1. The Morgan fingerprint density at radius 3 is 1.86 bits per heavy atom. The van der Waals surface area contributed by atoms with Crippen molar-refractivity contribution in [3.8, 4) is 11.5 Å². The predicted molar refractivity (Wildman–Crippen MR) is 168 cm³/mol. The van der Waals surface area contributed by atoms with Crippen LogP contribution >= 0.6 is 0 Å². The molecule has 0 bridgehead atoms. The van der Waals surface area contributed by atoms with Gasteiger partial charge in [0.05, 0.1) is 6.04 Å². The summed E-state index contributed by atoms with van der Waals surface area (Å²) in [6, 6.07) is 21.1. The minimum Gasteiger partial charge on any atom is -0.508 e. The maximum atomic E-state index is 14.1. The second-order valence-electron chi connectivity index (χ2n) is 10.5. The molecule has 0 aliphatic rings. The Morgan fingerprint density at radius 2 is 1.34 bits per heavy atom. The topological polar surface area (TPSA) is 209 Å². The summed E-state index contributed by atoms with van der Waals surface area (Å²) in [5, 5.41) is 25.3. The number of benzene rings is 3. The Kier molecular flexibility index (Phi) is 13.0. The molecule has 0 aliphatic carbocycles. The van der Waals surface area contributed by atoms with E-state index in [-0.39, 0.29) is 42.8 Å². The highest BCUT2D eigenvalue weighted by Gasteiger charge is 2.30. The number of phenolic OH excluding ortho intramolecular Hbond substituents is 2. The zero-order valence-corrected chi connectivity index (χ0v) is 24.6. The van der Waals surface area contributed by atoms with E-state index in [1.165, 1.54) is 0 Å². The number of hydrogen-bond donors (Lipinski definition) is 7. The number of aromatic hydroxyl groups is 2. The molecule has 0 spiro atoms. The molecule has 0 unspecified atom stereocenters. The maximum Gasteiger partial charge on any atom is 0.242 e. The predicted octanol–water partition coefficient (Wildman–Crippen LogP) is 1.24. The molecule has 0 fully saturated rings. The smallest absolute Gasteiger partial charge is 0.242 e. The molecule has 44 heavy (non-hydrogen) atoms. The van der Waals surface area contributed by atoms with Crippen molar-refractivity contribution in [3.05, 3.63) is 95.6 Å². The molecule has 0 saturated carbocycles. The third-order valence-electron chi connectivity index (χ3n) is 6.90. The Morgan fingerprint density at radius 1 is 0.773 bits per heavy atom. The highest BCUT2D eigenvalue weighted by molar-refractivity contribution is 5.90. The van der Waals surface area contributed by atoms with Gasteiger partial charge in [-0.3, -0.25) is 24.3 Å². The van der Waals surface area contributed by atoms with E-state index in [9.17, 15) is 24.6 Å². The molecule has 3 amide bonds. The quantitative estimate of drug-likeness (QED) is 0.0676. The molecular formula is C32H41N7O5. The molecule has 0 saturated heterocycles. The van der Waals surface area contributed by atoms with Crippen LogP contribution in [0.2, 0.25) is 0 Å². The fourth-order valence-electron chi connectivity index (χ4n) is 4.68. The fourth-order valence-corrected chi connectivity index (χ4v) is 4.68. The van der Waals surface area contributed by atoms with Crippen molar-refractivity contribution in [2.45, 2.75) is 50.9 Å². The van der Waals surface area contributed by atoms with E-state index < -0.39 is 23.9 Å². The number of aliphatic imine (C=N–C) groups is 1. The molecule has 0 heterocycles. The Bertz CT molecular complexity index is 1330. The van der Waals surface area contributed by atoms with Crippen LogP contribution in [0.1, 0.15) is 36.0 Å². The van der Waals surface area contributed by atoms with Crippen LogP contribution in [0, 0.1) is 0 Å². The number of nitrogens with one attached hydrogen (secondary N) is 2. The van der Waals surface area contributed by atoms with Crippen LogP contribution in [0.25, 0.3) is 0 Å². The summed E-state index contributed by atoms with van der Waals surface area (Å²) in [4.78, 5) is 44.6. The number of phenols is 2. The fraction of sp³-hybridized carbons (Fsp3) is 0.312. The van der Waals surface area contributed by atoms with Gasteiger partial charge >= 0.3 is 0 Å². The van der Waals surface area contributed by atoms with Crippen molar-refractivity contribution in [2.24, 2.45) is 22.2 Å². The second-order valence-corrected chi connectivity index (χ2v) is 10.5. The van der Waals surface area contributed by atoms with Gasteiger partial charge in [-0.25, -0.2) is 0 Å². The van der Waals surface area contributed by atoms with Gasteiger partial charge in [-0.05, 0) is 53.8 Å². The van der Waals surface area contributed by atoms with Crippen molar-refractivity contribution in [2.75, 3.05) is 13.1 Å². The van der Waals surface area contributed by atoms with Gasteiger partial charge in [0.1, 0.15) is 17.5 Å². The van der Waals surface area contributed by atoms with Gasteiger partial charge in [-0.1, -0.05) is 54.6 Å². The molecule has 0 aliphatic heterocycles. The zero-order chi connectivity index (χ0) is 31.9. The average molecular weight is 604 g/mol. The van der Waals surface area contributed by atoms with Gasteiger partial charge in [0.15, 0.2) is 5.96 Å². The second kappa shape index (κ2) is 17.1. The SMILES string of the molecule is NC(=O)CCNC(=O)[C@H](Cc1ccccc1)NC(=O)[C@@H](CCCN=C(N)N)N(Cc1ccc(O)cc1)Cc1ccc(O)cc1. The van der Waals surface area contributed by atoms with Gasteiger partial charge in [-0.2, -0.15) is 0 Å². The average Bonchev–Trinajstić information content (AvgIpc) is 2.99. The molecule has 234 valence electrons. The van der Waals surface area contributed by atoms with Gasteiger partial charge < -0.3 is 38.0 Å². The molecule has 10 N–H and O–H groups in total. The van der Waals surface area contributed by atoms with Gasteiger partial charge in [0.2, 0.25) is 17.7 Å². The van der Waals surface area contributed by atoms with E-state index in [0.29, 0.717) is 32.5 Å². The van der Waals surface area contributed by atoms with Crippen molar-refractivity contribution in [3.63, 3.8) is 0 Å². The monoisotopic (exact) mass is 603 g/mol. The zero-order valence-electron chi connectivity index (χ0n) is 24.6. The molecule has 0 radical (unpaired) electrons. The summed E-state index contributed by atoms with van der Waals surface area (Å²) < 4.78 is 0. The summed E-state index contributed by atoms with van der Waals surface area (Å²) in [7, 11) is 0. The number of carbonyl (C=O) groups is 3. The van der Waals surface area contributed by atoms with Crippen LogP contribution in [0.15, 0.2) is 83.9 Å². The van der Waals surface area contributed by atoms with Crippen molar-refractivity contribution in [1.82, 2.24) is 15.5 Å². The van der Waals surface area contributed by atoms with Crippen molar-refractivity contribution >= 4 is 23.7 Å². The van der Waals surface area contributed by atoms with Gasteiger partial charge in [0, 0.05) is 39.0 Å². The highest BCUT2D eigenvalue weighted by Crippen LogP contribution is 2.20.